The number of aromatic nitrogens is 2. The Morgan fingerprint density at radius 3 is 3.00 bits per heavy atom. The van der Waals surface area contributed by atoms with E-state index in [4.69, 9.17) is 11.6 Å². The Morgan fingerprint density at radius 2 is 2.16 bits per heavy atom. The lowest BCUT2D eigenvalue weighted by Crippen LogP contribution is -1.99. The fourth-order valence-electron chi connectivity index (χ4n) is 1.95. The quantitative estimate of drug-likeness (QED) is 0.789. The molecule has 1 N–H and O–H groups in total. The molecule has 0 aliphatic rings. The molecule has 3 rings (SSSR count). The first-order chi connectivity index (χ1) is 9.24. The Kier molecular flexibility index (Phi) is 3.09. The fraction of sp³-hybridized carbons (Fsp3) is 0.0714. The van der Waals surface area contributed by atoms with Crippen molar-refractivity contribution in [3.63, 3.8) is 0 Å². The minimum atomic E-state index is -0.341. The van der Waals surface area contributed by atoms with E-state index in [0.717, 1.165) is 11.1 Å². The number of hydrogen-bond acceptors (Lipinski definition) is 2. The van der Waals surface area contributed by atoms with E-state index in [1.165, 1.54) is 12.1 Å². The highest BCUT2D eigenvalue weighted by Crippen LogP contribution is 2.23. The van der Waals surface area contributed by atoms with Crippen LogP contribution in [0.4, 0.5) is 10.1 Å². The maximum atomic E-state index is 12.9. The lowest BCUT2D eigenvalue weighted by molar-refractivity contribution is 0.628. The van der Waals surface area contributed by atoms with Crippen LogP contribution in [0.1, 0.15) is 5.56 Å². The third-order valence-electron chi connectivity index (χ3n) is 2.91. The van der Waals surface area contributed by atoms with E-state index in [2.05, 4.69) is 10.4 Å². The highest BCUT2D eigenvalue weighted by molar-refractivity contribution is 6.33. The zero-order valence-corrected chi connectivity index (χ0v) is 10.7. The minimum Gasteiger partial charge on any atom is -0.380 e. The maximum Gasteiger partial charge on any atom is 0.124 e. The highest BCUT2D eigenvalue weighted by atomic mass is 35.5. The van der Waals surface area contributed by atoms with Crippen LogP contribution in [-0.2, 0) is 6.54 Å². The molecular formula is C14H11ClFN3. The van der Waals surface area contributed by atoms with Gasteiger partial charge in [-0.05, 0) is 30.3 Å². The van der Waals surface area contributed by atoms with E-state index >= 15 is 0 Å². The summed E-state index contributed by atoms with van der Waals surface area (Å²) in [6.07, 6.45) is 3.70. The van der Waals surface area contributed by atoms with Crippen molar-refractivity contribution in [1.29, 1.82) is 0 Å². The van der Waals surface area contributed by atoms with Crippen LogP contribution >= 0.6 is 11.6 Å². The first kappa shape index (κ1) is 12.0. The molecule has 0 radical (unpaired) electrons. The average Bonchev–Trinajstić information content (AvgIpc) is 2.81. The van der Waals surface area contributed by atoms with Crippen LogP contribution in [0, 0.1) is 5.82 Å². The van der Waals surface area contributed by atoms with Gasteiger partial charge in [0.25, 0.3) is 0 Å². The molecule has 96 valence electrons. The van der Waals surface area contributed by atoms with Crippen molar-refractivity contribution in [3.05, 3.63) is 65.2 Å². The zero-order chi connectivity index (χ0) is 13.2. The van der Waals surface area contributed by atoms with Crippen molar-refractivity contribution < 1.29 is 4.39 Å². The highest BCUT2D eigenvalue weighted by Gasteiger charge is 2.05. The Bertz CT molecular complexity index is 724. The lowest BCUT2D eigenvalue weighted by atomic mass is 10.2. The molecule has 0 aliphatic heterocycles. The van der Waals surface area contributed by atoms with Crippen molar-refractivity contribution in [2.24, 2.45) is 0 Å². The minimum absolute atomic E-state index is 0.341. The van der Waals surface area contributed by atoms with Crippen LogP contribution in [0.2, 0.25) is 5.02 Å². The van der Waals surface area contributed by atoms with Gasteiger partial charge in [-0.15, -0.1) is 0 Å². The Balaban J connectivity index is 1.82. The van der Waals surface area contributed by atoms with Gasteiger partial charge in [-0.1, -0.05) is 17.7 Å². The fourth-order valence-corrected chi connectivity index (χ4v) is 2.18. The number of anilines is 1. The number of benzene rings is 1. The molecule has 19 heavy (non-hydrogen) atoms. The topological polar surface area (TPSA) is 29.3 Å². The van der Waals surface area contributed by atoms with E-state index in [-0.39, 0.29) is 5.82 Å². The third kappa shape index (κ3) is 2.39. The molecule has 0 amide bonds. The first-order valence-electron chi connectivity index (χ1n) is 5.84. The molecule has 0 unspecified atom stereocenters. The van der Waals surface area contributed by atoms with Gasteiger partial charge in [0.1, 0.15) is 5.82 Å². The Hall–Kier alpha value is -2.07. The molecule has 5 heteroatoms. The molecule has 0 atom stereocenters. The summed E-state index contributed by atoms with van der Waals surface area (Å²) in [7, 11) is 0. The molecule has 2 aromatic heterocycles. The summed E-state index contributed by atoms with van der Waals surface area (Å²) < 4.78 is 14.8. The van der Waals surface area contributed by atoms with Crippen LogP contribution < -0.4 is 5.32 Å². The second-order valence-electron chi connectivity index (χ2n) is 4.18. The molecular weight excluding hydrogens is 265 g/mol. The van der Waals surface area contributed by atoms with Gasteiger partial charge in [-0.3, -0.25) is 0 Å². The van der Waals surface area contributed by atoms with Gasteiger partial charge in [0, 0.05) is 18.3 Å². The number of nitrogens with zero attached hydrogens (tertiary/aromatic N) is 2. The molecule has 0 spiro atoms. The van der Waals surface area contributed by atoms with Crippen molar-refractivity contribution >= 4 is 22.8 Å². The number of hydrogen-bond donors (Lipinski definition) is 1. The van der Waals surface area contributed by atoms with E-state index in [1.54, 1.807) is 12.3 Å². The van der Waals surface area contributed by atoms with Gasteiger partial charge >= 0.3 is 0 Å². The summed E-state index contributed by atoms with van der Waals surface area (Å²) in [5.41, 5.74) is 2.80. The third-order valence-corrected chi connectivity index (χ3v) is 3.22. The Labute approximate surface area is 114 Å². The van der Waals surface area contributed by atoms with Gasteiger partial charge in [-0.25, -0.2) is 8.91 Å². The van der Waals surface area contributed by atoms with E-state index in [1.807, 2.05) is 28.9 Å². The van der Waals surface area contributed by atoms with E-state index in [0.29, 0.717) is 17.3 Å². The summed E-state index contributed by atoms with van der Waals surface area (Å²) >= 11 is 5.96. The molecule has 3 nitrogen and oxygen atoms in total. The normalized spacial score (nSPS) is 10.8. The van der Waals surface area contributed by atoms with Gasteiger partial charge < -0.3 is 5.32 Å². The standard InChI is InChI=1S/C14H11ClFN3/c15-12-7-11(16)4-5-13(12)17-8-10-9-18-19-6-2-1-3-14(10)19/h1-7,9,17H,8H2. The van der Waals surface area contributed by atoms with Crippen LogP contribution in [0.5, 0.6) is 0 Å². The zero-order valence-electron chi connectivity index (χ0n) is 9.98. The van der Waals surface area contributed by atoms with Crippen LogP contribution in [-0.4, -0.2) is 9.61 Å². The largest absolute Gasteiger partial charge is 0.380 e. The average molecular weight is 276 g/mol. The number of fused-ring (bicyclic) bond motifs is 1. The molecule has 0 bridgehead atoms. The smallest absolute Gasteiger partial charge is 0.124 e. The molecule has 0 saturated heterocycles. The van der Waals surface area contributed by atoms with E-state index < -0.39 is 0 Å². The van der Waals surface area contributed by atoms with Crippen LogP contribution in [0.3, 0.4) is 0 Å². The second-order valence-corrected chi connectivity index (χ2v) is 4.59. The number of pyridine rings is 1. The van der Waals surface area contributed by atoms with Crippen molar-refractivity contribution in [1.82, 2.24) is 9.61 Å². The number of rotatable bonds is 3. The maximum absolute atomic E-state index is 12.9. The molecule has 3 aromatic rings. The van der Waals surface area contributed by atoms with Crippen molar-refractivity contribution in [2.45, 2.75) is 6.54 Å². The molecule has 0 fully saturated rings. The number of halogens is 2. The SMILES string of the molecule is Fc1ccc(NCc2cnn3ccccc23)c(Cl)c1. The van der Waals surface area contributed by atoms with Gasteiger partial charge in [0.2, 0.25) is 0 Å². The Morgan fingerprint density at radius 1 is 1.26 bits per heavy atom. The predicted octanol–water partition coefficient (Wildman–Crippen LogP) is 3.74. The van der Waals surface area contributed by atoms with Crippen molar-refractivity contribution in [3.8, 4) is 0 Å². The van der Waals surface area contributed by atoms with Crippen molar-refractivity contribution in [2.75, 3.05) is 5.32 Å². The molecule has 0 saturated carbocycles. The van der Waals surface area contributed by atoms with Crippen LogP contribution in [0.25, 0.3) is 5.52 Å². The molecule has 0 aliphatic carbocycles. The molecule has 2 heterocycles. The summed E-state index contributed by atoms with van der Waals surface area (Å²) in [6, 6.07) is 10.2. The molecule has 1 aromatic carbocycles. The van der Waals surface area contributed by atoms with E-state index in [9.17, 15) is 4.39 Å². The lowest BCUT2D eigenvalue weighted by Gasteiger charge is -2.07. The summed E-state index contributed by atoms with van der Waals surface area (Å²) in [4.78, 5) is 0. The predicted molar refractivity (Wildman–Crippen MR) is 73.9 cm³/mol. The summed E-state index contributed by atoms with van der Waals surface area (Å²) in [6.45, 7) is 0.582. The van der Waals surface area contributed by atoms with Gasteiger partial charge in [-0.2, -0.15) is 5.10 Å². The van der Waals surface area contributed by atoms with Gasteiger partial charge in [0.15, 0.2) is 0 Å². The summed E-state index contributed by atoms with van der Waals surface area (Å²) in [5.74, 6) is -0.341. The monoisotopic (exact) mass is 275 g/mol. The van der Waals surface area contributed by atoms with Crippen LogP contribution in [0.15, 0.2) is 48.8 Å². The second kappa shape index (κ2) is 4.90. The summed E-state index contributed by atoms with van der Waals surface area (Å²) in [5, 5.41) is 7.81. The number of nitrogens with one attached hydrogen (secondary N) is 1. The van der Waals surface area contributed by atoms with Gasteiger partial charge in [0.05, 0.1) is 22.4 Å². The first-order valence-corrected chi connectivity index (χ1v) is 6.22.